The minimum Gasteiger partial charge on any atom is -0.469 e. The molecule has 1 saturated heterocycles. The molecule has 0 spiro atoms. The number of carbonyl (C=O) groups excluding carboxylic acids is 1. The van der Waals surface area contributed by atoms with Crippen LogP contribution in [0, 0.1) is 0 Å². The summed E-state index contributed by atoms with van der Waals surface area (Å²) in [5.74, 6) is 1.17. The molecule has 0 bridgehead atoms. The van der Waals surface area contributed by atoms with Crippen LogP contribution in [-0.2, 0) is 11.2 Å². The summed E-state index contributed by atoms with van der Waals surface area (Å²) >= 11 is 0. The van der Waals surface area contributed by atoms with Crippen LogP contribution in [0.15, 0.2) is 22.8 Å². The van der Waals surface area contributed by atoms with Crippen LogP contribution in [0.3, 0.4) is 0 Å². The predicted octanol–water partition coefficient (Wildman–Crippen LogP) is 1.42. The third-order valence-electron chi connectivity index (χ3n) is 3.15. The van der Waals surface area contributed by atoms with E-state index in [-0.39, 0.29) is 11.9 Å². The molecule has 4 nitrogen and oxygen atoms in total. The third kappa shape index (κ3) is 3.60. The zero-order valence-corrected chi connectivity index (χ0v) is 10.3. The smallest absolute Gasteiger partial charge is 0.236 e. The molecule has 1 amide bonds. The Kier molecular flexibility index (Phi) is 4.20. The molecule has 1 N–H and O–H groups in total. The fourth-order valence-corrected chi connectivity index (χ4v) is 2.14. The van der Waals surface area contributed by atoms with E-state index < -0.39 is 0 Å². The molecule has 1 aromatic heterocycles. The molecular weight excluding hydrogens is 216 g/mol. The minimum atomic E-state index is 0.216. The number of nitrogens with one attached hydrogen (secondary N) is 1. The van der Waals surface area contributed by atoms with Gasteiger partial charge in [0.1, 0.15) is 5.76 Å². The van der Waals surface area contributed by atoms with Crippen molar-refractivity contribution < 1.29 is 9.21 Å². The molecule has 0 radical (unpaired) electrons. The largest absolute Gasteiger partial charge is 0.469 e. The lowest BCUT2D eigenvalue weighted by molar-refractivity contribution is -0.129. The van der Waals surface area contributed by atoms with E-state index in [0.29, 0.717) is 6.54 Å². The van der Waals surface area contributed by atoms with Gasteiger partial charge in [-0.1, -0.05) is 0 Å². The molecule has 2 rings (SSSR count). The lowest BCUT2D eigenvalue weighted by atomic mass is 10.2. The Morgan fingerprint density at radius 3 is 2.94 bits per heavy atom. The highest BCUT2D eigenvalue weighted by atomic mass is 16.3. The quantitative estimate of drug-likeness (QED) is 0.841. The van der Waals surface area contributed by atoms with Crippen molar-refractivity contribution in [2.24, 2.45) is 0 Å². The number of furan rings is 1. The second kappa shape index (κ2) is 5.87. The Morgan fingerprint density at radius 1 is 1.53 bits per heavy atom. The van der Waals surface area contributed by atoms with Crippen LogP contribution in [-0.4, -0.2) is 36.5 Å². The van der Waals surface area contributed by atoms with Crippen LogP contribution in [0.2, 0.25) is 0 Å². The average molecular weight is 236 g/mol. The Balaban J connectivity index is 1.68. The molecule has 1 aliphatic rings. The Hall–Kier alpha value is -1.29. The number of amides is 1. The van der Waals surface area contributed by atoms with E-state index in [0.717, 1.165) is 38.1 Å². The highest BCUT2D eigenvalue weighted by Crippen LogP contribution is 2.07. The van der Waals surface area contributed by atoms with E-state index in [4.69, 9.17) is 4.42 Å². The fraction of sp³-hybridized carbons (Fsp3) is 0.615. The van der Waals surface area contributed by atoms with E-state index >= 15 is 0 Å². The van der Waals surface area contributed by atoms with Crippen LogP contribution in [0.4, 0.5) is 0 Å². The molecule has 1 atom stereocenters. The Bertz CT molecular complexity index is 342. The van der Waals surface area contributed by atoms with E-state index in [9.17, 15) is 4.79 Å². The number of likely N-dealkylation sites (tertiary alicyclic amines) is 1. The molecule has 94 valence electrons. The van der Waals surface area contributed by atoms with Gasteiger partial charge in [-0.3, -0.25) is 4.79 Å². The lowest BCUT2D eigenvalue weighted by Crippen LogP contribution is -2.40. The summed E-state index contributed by atoms with van der Waals surface area (Å²) < 4.78 is 5.28. The highest BCUT2D eigenvalue weighted by Gasteiger charge is 2.18. The van der Waals surface area contributed by atoms with Crippen LogP contribution >= 0.6 is 0 Å². The second-order valence-corrected chi connectivity index (χ2v) is 4.65. The summed E-state index contributed by atoms with van der Waals surface area (Å²) in [4.78, 5) is 13.7. The number of hydrogen-bond donors (Lipinski definition) is 1. The van der Waals surface area contributed by atoms with Crippen molar-refractivity contribution in [3.63, 3.8) is 0 Å². The highest BCUT2D eigenvalue weighted by molar-refractivity contribution is 5.78. The van der Waals surface area contributed by atoms with Gasteiger partial charge in [-0.15, -0.1) is 0 Å². The summed E-state index contributed by atoms with van der Waals surface area (Å²) in [7, 11) is 0. The van der Waals surface area contributed by atoms with Crippen LogP contribution in [0.1, 0.15) is 25.5 Å². The van der Waals surface area contributed by atoms with Gasteiger partial charge in [0.05, 0.1) is 12.8 Å². The first-order valence-electron chi connectivity index (χ1n) is 6.29. The first-order chi connectivity index (χ1) is 8.25. The molecule has 0 saturated carbocycles. The maximum absolute atomic E-state index is 11.8. The fourth-order valence-electron chi connectivity index (χ4n) is 2.14. The number of hydrogen-bond acceptors (Lipinski definition) is 3. The maximum atomic E-state index is 11.8. The van der Waals surface area contributed by atoms with Gasteiger partial charge in [0.15, 0.2) is 0 Å². The summed E-state index contributed by atoms with van der Waals surface area (Å²) in [5.41, 5.74) is 0. The SMILES string of the molecule is CC(Cc1ccco1)NCC(=O)N1CCCC1. The van der Waals surface area contributed by atoms with Crippen LogP contribution < -0.4 is 5.32 Å². The third-order valence-corrected chi connectivity index (χ3v) is 3.15. The van der Waals surface area contributed by atoms with Crippen molar-refractivity contribution in [3.05, 3.63) is 24.2 Å². The standard InChI is InChI=1S/C13H20N2O2/c1-11(9-12-5-4-8-17-12)14-10-13(16)15-6-2-3-7-15/h4-5,8,11,14H,2-3,6-7,9-10H2,1H3. The van der Waals surface area contributed by atoms with Gasteiger partial charge in [0.2, 0.25) is 5.91 Å². The van der Waals surface area contributed by atoms with Gasteiger partial charge in [0, 0.05) is 25.6 Å². The van der Waals surface area contributed by atoms with E-state index in [1.807, 2.05) is 17.0 Å². The van der Waals surface area contributed by atoms with Crippen molar-refractivity contribution in [1.29, 1.82) is 0 Å². The van der Waals surface area contributed by atoms with Gasteiger partial charge < -0.3 is 14.6 Å². The summed E-state index contributed by atoms with van der Waals surface area (Å²) in [6.45, 7) is 4.35. The van der Waals surface area contributed by atoms with Gasteiger partial charge in [-0.25, -0.2) is 0 Å². The summed E-state index contributed by atoms with van der Waals surface area (Å²) in [5, 5.41) is 3.25. The van der Waals surface area contributed by atoms with Gasteiger partial charge >= 0.3 is 0 Å². The van der Waals surface area contributed by atoms with Crippen molar-refractivity contribution >= 4 is 5.91 Å². The van der Waals surface area contributed by atoms with Crippen molar-refractivity contribution in [1.82, 2.24) is 10.2 Å². The maximum Gasteiger partial charge on any atom is 0.236 e. The van der Waals surface area contributed by atoms with Crippen molar-refractivity contribution in [2.45, 2.75) is 32.2 Å². The molecule has 4 heteroatoms. The summed E-state index contributed by atoms with van der Waals surface area (Å²) in [6, 6.07) is 4.10. The first-order valence-corrected chi connectivity index (χ1v) is 6.29. The molecule has 0 aromatic carbocycles. The molecule has 2 heterocycles. The van der Waals surface area contributed by atoms with Gasteiger partial charge in [0.25, 0.3) is 0 Å². The monoisotopic (exact) mass is 236 g/mol. The van der Waals surface area contributed by atoms with E-state index in [1.165, 1.54) is 0 Å². The predicted molar refractivity (Wildman–Crippen MR) is 65.7 cm³/mol. The van der Waals surface area contributed by atoms with Crippen LogP contribution in [0.25, 0.3) is 0 Å². The number of rotatable bonds is 5. The average Bonchev–Trinajstić information content (AvgIpc) is 2.97. The molecule has 1 aliphatic heterocycles. The topological polar surface area (TPSA) is 45.5 Å². The number of nitrogens with zero attached hydrogens (tertiary/aromatic N) is 1. The normalized spacial score (nSPS) is 17.4. The minimum absolute atomic E-state index is 0.216. The molecule has 1 fully saturated rings. The van der Waals surface area contributed by atoms with E-state index in [2.05, 4.69) is 12.2 Å². The molecule has 1 aromatic rings. The van der Waals surface area contributed by atoms with Crippen LogP contribution in [0.5, 0.6) is 0 Å². The number of carbonyl (C=O) groups is 1. The van der Waals surface area contributed by atoms with Gasteiger partial charge in [-0.05, 0) is 31.9 Å². The van der Waals surface area contributed by atoms with E-state index in [1.54, 1.807) is 6.26 Å². The van der Waals surface area contributed by atoms with Crippen molar-refractivity contribution in [2.75, 3.05) is 19.6 Å². The zero-order chi connectivity index (χ0) is 12.1. The zero-order valence-electron chi connectivity index (χ0n) is 10.3. The van der Waals surface area contributed by atoms with Crippen molar-refractivity contribution in [3.8, 4) is 0 Å². The summed E-state index contributed by atoms with van der Waals surface area (Å²) in [6.07, 6.45) is 4.79. The Labute approximate surface area is 102 Å². The second-order valence-electron chi connectivity index (χ2n) is 4.65. The molecule has 1 unspecified atom stereocenters. The Morgan fingerprint density at radius 2 is 2.29 bits per heavy atom. The lowest BCUT2D eigenvalue weighted by Gasteiger charge is -2.18. The molecule has 17 heavy (non-hydrogen) atoms. The first kappa shape index (κ1) is 12.2. The molecular formula is C13H20N2O2. The van der Waals surface area contributed by atoms with Gasteiger partial charge in [-0.2, -0.15) is 0 Å². The molecule has 0 aliphatic carbocycles.